The number of hydrogen-bond acceptors (Lipinski definition) is 1. The Kier molecular flexibility index (Phi) is 6.51. The average molecular weight is 440 g/mol. The van der Waals surface area contributed by atoms with Crippen molar-refractivity contribution in [3.8, 4) is 0 Å². The lowest BCUT2D eigenvalue weighted by molar-refractivity contribution is -0.139. The summed E-state index contributed by atoms with van der Waals surface area (Å²) in [7, 11) is 0. The molecule has 0 radical (unpaired) electrons. The Morgan fingerprint density at radius 3 is 2.11 bits per heavy atom. The molecule has 8 heteroatoms. The van der Waals surface area contributed by atoms with Gasteiger partial charge in [0.25, 0.3) is 0 Å². The SMILES string of the molecule is C=C(O)c1ccc(/C(F)=C/C(c2cc(Cl)c(Cl)c(Cl)c2)C(F)(F)F)cc1C. The minimum atomic E-state index is -4.79. The third-order valence-corrected chi connectivity index (χ3v) is 5.04. The van der Waals surface area contributed by atoms with Gasteiger partial charge in [-0.25, -0.2) is 4.39 Å². The molecule has 0 saturated heterocycles. The fraction of sp³-hybridized carbons (Fsp3) is 0.158. The van der Waals surface area contributed by atoms with Crippen molar-refractivity contribution in [3.05, 3.63) is 80.3 Å². The molecule has 0 spiro atoms. The first-order valence-electron chi connectivity index (χ1n) is 7.49. The maximum absolute atomic E-state index is 14.6. The van der Waals surface area contributed by atoms with Crippen LogP contribution < -0.4 is 0 Å². The number of aryl methyl sites for hydroxylation is 1. The van der Waals surface area contributed by atoms with E-state index in [4.69, 9.17) is 34.8 Å². The molecule has 144 valence electrons. The fourth-order valence-electron chi connectivity index (χ4n) is 2.51. The van der Waals surface area contributed by atoms with E-state index in [1.165, 1.54) is 18.2 Å². The van der Waals surface area contributed by atoms with E-state index in [9.17, 15) is 22.7 Å². The Balaban J connectivity index is 2.53. The second-order valence-electron chi connectivity index (χ2n) is 5.81. The Bertz CT molecular complexity index is 897. The number of allylic oxidation sites excluding steroid dienone is 1. The van der Waals surface area contributed by atoms with Crippen molar-refractivity contribution in [1.29, 1.82) is 0 Å². The van der Waals surface area contributed by atoms with Gasteiger partial charge in [-0.1, -0.05) is 53.5 Å². The summed E-state index contributed by atoms with van der Waals surface area (Å²) < 4.78 is 55.1. The molecule has 0 aliphatic carbocycles. The molecule has 0 aliphatic heterocycles. The van der Waals surface area contributed by atoms with Gasteiger partial charge < -0.3 is 5.11 Å². The van der Waals surface area contributed by atoms with Crippen LogP contribution in [0.5, 0.6) is 0 Å². The van der Waals surface area contributed by atoms with E-state index in [1.807, 2.05) is 0 Å². The van der Waals surface area contributed by atoms with E-state index < -0.39 is 17.9 Å². The van der Waals surface area contributed by atoms with E-state index in [-0.39, 0.29) is 32.0 Å². The molecule has 1 N–H and O–H groups in total. The lowest BCUT2D eigenvalue weighted by Crippen LogP contribution is -2.19. The Labute approximate surface area is 168 Å². The van der Waals surface area contributed by atoms with Crippen molar-refractivity contribution in [2.75, 3.05) is 0 Å². The maximum Gasteiger partial charge on any atom is 0.399 e. The number of halogens is 7. The minimum Gasteiger partial charge on any atom is -0.508 e. The van der Waals surface area contributed by atoms with Crippen molar-refractivity contribution in [1.82, 2.24) is 0 Å². The maximum atomic E-state index is 14.6. The van der Waals surface area contributed by atoms with Crippen molar-refractivity contribution < 1.29 is 22.7 Å². The summed E-state index contributed by atoms with van der Waals surface area (Å²) in [5.41, 5.74) is 0.423. The monoisotopic (exact) mass is 438 g/mol. The quantitative estimate of drug-likeness (QED) is 0.289. The van der Waals surface area contributed by atoms with Gasteiger partial charge >= 0.3 is 6.18 Å². The average Bonchev–Trinajstić information content (AvgIpc) is 2.55. The van der Waals surface area contributed by atoms with Gasteiger partial charge in [0.1, 0.15) is 17.5 Å². The highest BCUT2D eigenvalue weighted by molar-refractivity contribution is 6.48. The summed E-state index contributed by atoms with van der Waals surface area (Å²) in [6, 6.07) is 5.95. The molecule has 1 nitrogen and oxygen atoms in total. The Hall–Kier alpha value is -1.69. The number of aliphatic hydroxyl groups is 1. The lowest BCUT2D eigenvalue weighted by atomic mass is 9.95. The number of hydrogen-bond donors (Lipinski definition) is 1. The number of rotatable bonds is 4. The summed E-state index contributed by atoms with van der Waals surface area (Å²) >= 11 is 17.4. The third-order valence-electron chi connectivity index (χ3n) is 3.84. The molecule has 0 aliphatic rings. The van der Waals surface area contributed by atoms with E-state index in [1.54, 1.807) is 6.92 Å². The van der Waals surface area contributed by atoms with Crippen molar-refractivity contribution >= 4 is 46.4 Å². The summed E-state index contributed by atoms with van der Waals surface area (Å²) in [6.07, 6.45) is -4.34. The zero-order valence-electron chi connectivity index (χ0n) is 13.8. The van der Waals surface area contributed by atoms with Crippen LogP contribution in [0.4, 0.5) is 17.6 Å². The zero-order chi connectivity index (χ0) is 20.5. The van der Waals surface area contributed by atoms with Crippen LogP contribution in [0.2, 0.25) is 15.1 Å². The van der Waals surface area contributed by atoms with E-state index in [2.05, 4.69) is 6.58 Å². The van der Waals surface area contributed by atoms with Crippen LogP contribution in [-0.4, -0.2) is 11.3 Å². The zero-order valence-corrected chi connectivity index (χ0v) is 16.1. The van der Waals surface area contributed by atoms with Crippen molar-refractivity contribution in [3.63, 3.8) is 0 Å². The van der Waals surface area contributed by atoms with Crippen molar-refractivity contribution in [2.45, 2.75) is 19.0 Å². The molecular weight excluding hydrogens is 427 g/mol. The molecule has 0 heterocycles. The number of aliphatic hydroxyl groups excluding tert-OH is 1. The van der Waals surface area contributed by atoms with Gasteiger partial charge in [-0.05, 0) is 42.3 Å². The first-order chi connectivity index (χ1) is 12.4. The number of alkyl halides is 3. The van der Waals surface area contributed by atoms with Gasteiger partial charge in [-0.15, -0.1) is 0 Å². The van der Waals surface area contributed by atoms with Crippen LogP contribution in [0.3, 0.4) is 0 Å². The van der Waals surface area contributed by atoms with Gasteiger partial charge in [0.15, 0.2) is 0 Å². The summed E-state index contributed by atoms with van der Waals surface area (Å²) in [5, 5.41) is 9.02. The van der Waals surface area contributed by atoms with Gasteiger partial charge in [-0.2, -0.15) is 13.2 Å². The van der Waals surface area contributed by atoms with Crippen LogP contribution >= 0.6 is 34.8 Å². The largest absolute Gasteiger partial charge is 0.508 e. The summed E-state index contributed by atoms with van der Waals surface area (Å²) in [5.74, 6) is -3.59. The second-order valence-corrected chi connectivity index (χ2v) is 7.00. The first kappa shape index (κ1) is 21.6. The third kappa shape index (κ3) is 4.98. The topological polar surface area (TPSA) is 20.2 Å². The summed E-state index contributed by atoms with van der Waals surface area (Å²) in [4.78, 5) is 0. The van der Waals surface area contributed by atoms with E-state index >= 15 is 0 Å². The molecule has 0 bridgehead atoms. The van der Waals surface area contributed by atoms with Crippen LogP contribution in [0.15, 0.2) is 43.0 Å². The highest BCUT2D eigenvalue weighted by Crippen LogP contribution is 2.42. The molecular formula is C19H13Cl3F4O. The molecule has 2 aromatic carbocycles. The van der Waals surface area contributed by atoms with E-state index in [0.29, 0.717) is 17.2 Å². The predicted molar refractivity (Wildman–Crippen MR) is 102 cm³/mol. The Morgan fingerprint density at radius 1 is 1.11 bits per heavy atom. The molecule has 2 aromatic rings. The molecule has 2 rings (SSSR count). The smallest absolute Gasteiger partial charge is 0.399 e. The summed E-state index contributed by atoms with van der Waals surface area (Å²) in [6.45, 7) is 4.94. The standard InChI is InChI=1S/C19H13Cl3F4O/c1-9-5-11(3-4-13(9)10(2)27)17(23)8-14(19(24,25)26)12-6-15(20)18(22)16(21)7-12/h3-8,14,27H,2H2,1H3/b17-8-. The number of benzene rings is 2. The van der Waals surface area contributed by atoms with Crippen LogP contribution in [0.1, 0.15) is 28.2 Å². The van der Waals surface area contributed by atoms with Crippen LogP contribution in [0.25, 0.3) is 11.6 Å². The highest BCUT2D eigenvalue weighted by Gasteiger charge is 2.40. The van der Waals surface area contributed by atoms with E-state index in [0.717, 1.165) is 12.1 Å². The molecule has 0 fully saturated rings. The lowest BCUT2D eigenvalue weighted by Gasteiger charge is -2.19. The minimum absolute atomic E-state index is 0.0714. The first-order valence-corrected chi connectivity index (χ1v) is 8.63. The van der Waals surface area contributed by atoms with Crippen molar-refractivity contribution in [2.24, 2.45) is 0 Å². The van der Waals surface area contributed by atoms with Gasteiger partial charge in [0, 0.05) is 11.1 Å². The van der Waals surface area contributed by atoms with Gasteiger partial charge in [0.2, 0.25) is 0 Å². The second kappa shape index (κ2) is 8.13. The van der Waals surface area contributed by atoms with Gasteiger partial charge in [-0.3, -0.25) is 0 Å². The molecule has 0 amide bonds. The Morgan fingerprint density at radius 2 is 1.67 bits per heavy atom. The molecule has 27 heavy (non-hydrogen) atoms. The highest BCUT2D eigenvalue weighted by atomic mass is 35.5. The molecule has 1 atom stereocenters. The van der Waals surface area contributed by atoms with Crippen LogP contribution in [0, 0.1) is 6.92 Å². The van der Waals surface area contributed by atoms with Crippen LogP contribution in [-0.2, 0) is 0 Å². The predicted octanol–water partition coefficient (Wildman–Crippen LogP) is 8.14. The molecule has 0 aromatic heterocycles. The molecule has 1 unspecified atom stereocenters. The fourth-order valence-corrected chi connectivity index (χ4v) is 3.13. The molecule has 0 saturated carbocycles. The van der Waals surface area contributed by atoms with Gasteiger partial charge in [0.05, 0.1) is 15.1 Å². The normalized spacial score (nSPS) is 13.6.